The Labute approximate surface area is 122 Å². The number of esters is 1. The van der Waals surface area contributed by atoms with Gasteiger partial charge in [-0.2, -0.15) is 8.78 Å². The number of methoxy groups -OCH3 is 1. The molecule has 0 N–H and O–H groups in total. The first-order valence-electron chi connectivity index (χ1n) is 6.27. The Morgan fingerprint density at radius 1 is 1.33 bits per heavy atom. The van der Waals surface area contributed by atoms with Crippen molar-refractivity contribution >= 4 is 21.5 Å². The third kappa shape index (κ3) is 4.13. The number of carbonyl (C=O) groups excluding carboxylic acids is 1. The molecule has 1 aromatic rings. The van der Waals surface area contributed by atoms with Crippen LogP contribution in [0.15, 0.2) is 29.2 Å². The Morgan fingerprint density at radius 3 is 2.48 bits per heavy atom. The first-order valence-corrected chi connectivity index (χ1v) is 7.82. The van der Waals surface area contributed by atoms with E-state index in [2.05, 4.69) is 4.74 Å². The number of benzene rings is 1. The standard InChI is InChI=1S/C13H17F2NO4S/c1-3-16(9-8-12(17)20-2)10-6-4-5-7-11(10)21(18,19)13(14)15/h4-7,13H,3,8-9H2,1-2H3. The summed E-state index contributed by atoms with van der Waals surface area (Å²) in [6.07, 6.45) is 0.0351. The van der Waals surface area contributed by atoms with Crippen LogP contribution in [0.5, 0.6) is 0 Å². The predicted octanol–water partition coefficient (Wildman–Crippen LogP) is 2.07. The van der Waals surface area contributed by atoms with Gasteiger partial charge in [0.25, 0.3) is 0 Å². The van der Waals surface area contributed by atoms with Gasteiger partial charge in [0, 0.05) is 13.1 Å². The SMILES string of the molecule is CCN(CCC(=O)OC)c1ccccc1S(=O)(=O)C(F)F. The summed E-state index contributed by atoms with van der Waals surface area (Å²) in [6, 6.07) is 5.52. The fourth-order valence-electron chi connectivity index (χ4n) is 1.83. The van der Waals surface area contributed by atoms with Crippen LogP contribution in [0, 0.1) is 0 Å². The number of anilines is 1. The number of hydrogen-bond donors (Lipinski definition) is 0. The highest BCUT2D eigenvalue weighted by atomic mass is 32.2. The molecular formula is C13H17F2NO4S. The molecule has 0 saturated heterocycles. The van der Waals surface area contributed by atoms with Crippen LogP contribution in [0.2, 0.25) is 0 Å². The number of carbonyl (C=O) groups is 1. The van der Waals surface area contributed by atoms with Crippen molar-refractivity contribution in [3.8, 4) is 0 Å². The molecule has 0 fully saturated rings. The molecule has 8 heteroatoms. The van der Waals surface area contributed by atoms with E-state index in [-0.39, 0.29) is 18.7 Å². The number of hydrogen-bond acceptors (Lipinski definition) is 5. The van der Waals surface area contributed by atoms with Gasteiger partial charge in [0.05, 0.1) is 24.1 Å². The van der Waals surface area contributed by atoms with Crippen molar-refractivity contribution in [3.05, 3.63) is 24.3 Å². The van der Waals surface area contributed by atoms with Gasteiger partial charge in [0.1, 0.15) is 0 Å². The molecule has 0 saturated carbocycles. The van der Waals surface area contributed by atoms with Crippen LogP contribution in [-0.2, 0) is 19.4 Å². The summed E-state index contributed by atoms with van der Waals surface area (Å²) in [5.41, 5.74) is 0.157. The lowest BCUT2D eigenvalue weighted by Gasteiger charge is -2.25. The lowest BCUT2D eigenvalue weighted by atomic mass is 10.2. The second kappa shape index (κ2) is 7.35. The summed E-state index contributed by atoms with van der Waals surface area (Å²) < 4.78 is 53.4. The molecule has 1 aromatic carbocycles. The zero-order valence-corrected chi connectivity index (χ0v) is 12.6. The highest BCUT2D eigenvalue weighted by Crippen LogP contribution is 2.29. The first-order chi connectivity index (χ1) is 9.84. The minimum absolute atomic E-state index is 0.0351. The summed E-state index contributed by atoms with van der Waals surface area (Å²) in [5, 5.41) is 0. The number of para-hydroxylation sites is 1. The molecule has 0 aliphatic carbocycles. The molecule has 118 valence electrons. The zero-order chi connectivity index (χ0) is 16.0. The summed E-state index contributed by atoms with van der Waals surface area (Å²) in [6.45, 7) is 2.29. The van der Waals surface area contributed by atoms with Crippen LogP contribution >= 0.6 is 0 Å². The molecule has 0 radical (unpaired) electrons. The second-order valence-corrected chi connectivity index (χ2v) is 6.07. The van der Waals surface area contributed by atoms with Crippen molar-refractivity contribution in [2.75, 3.05) is 25.1 Å². The lowest BCUT2D eigenvalue weighted by Crippen LogP contribution is -2.28. The van der Waals surface area contributed by atoms with Gasteiger partial charge in [-0.1, -0.05) is 12.1 Å². The quantitative estimate of drug-likeness (QED) is 0.720. The highest BCUT2D eigenvalue weighted by Gasteiger charge is 2.30. The molecule has 0 spiro atoms. The monoisotopic (exact) mass is 321 g/mol. The third-order valence-corrected chi connectivity index (χ3v) is 4.37. The highest BCUT2D eigenvalue weighted by molar-refractivity contribution is 7.91. The van der Waals surface area contributed by atoms with Crippen LogP contribution in [0.1, 0.15) is 13.3 Å². The zero-order valence-electron chi connectivity index (χ0n) is 11.8. The third-order valence-electron chi connectivity index (χ3n) is 2.94. The fourth-order valence-corrected chi connectivity index (χ4v) is 2.78. The topological polar surface area (TPSA) is 63.7 Å². The molecule has 5 nitrogen and oxygen atoms in total. The van der Waals surface area contributed by atoms with E-state index in [1.54, 1.807) is 17.9 Å². The predicted molar refractivity (Wildman–Crippen MR) is 74.2 cm³/mol. The molecule has 0 aromatic heterocycles. The minimum Gasteiger partial charge on any atom is -0.469 e. The number of rotatable bonds is 7. The summed E-state index contributed by atoms with van der Waals surface area (Å²) in [5.74, 6) is -3.94. The Kier molecular flexibility index (Phi) is 6.07. The molecule has 0 amide bonds. The van der Waals surface area contributed by atoms with Crippen LogP contribution in [0.4, 0.5) is 14.5 Å². The molecule has 0 aliphatic rings. The van der Waals surface area contributed by atoms with Crippen molar-refractivity contribution in [2.45, 2.75) is 24.0 Å². The van der Waals surface area contributed by atoms with E-state index in [9.17, 15) is 22.0 Å². The van der Waals surface area contributed by atoms with Crippen molar-refractivity contribution in [1.82, 2.24) is 0 Å². The van der Waals surface area contributed by atoms with Gasteiger partial charge >= 0.3 is 11.7 Å². The normalized spacial score (nSPS) is 11.5. The van der Waals surface area contributed by atoms with Crippen LogP contribution in [0.3, 0.4) is 0 Å². The number of alkyl halides is 2. The molecule has 0 bridgehead atoms. The largest absolute Gasteiger partial charge is 0.469 e. The van der Waals surface area contributed by atoms with Crippen LogP contribution < -0.4 is 4.90 Å². The number of ether oxygens (including phenoxy) is 1. The Morgan fingerprint density at radius 2 is 1.95 bits per heavy atom. The van der Waals surface area contributed by atoms with Gasteiger partial charge in [-0.3, -0.25) is 4.79 Å². The van der Waals surface area contributed by atoms with E-state index in [0.717, 1.165) is 6.07 Å². The summed E-state index contributed by atoms with van der Waals surface area (Å²) in [4.78, 5) is 12.3. The second-order valence-electron chi connectivity index (χ2n) is 4.18. The van der Waals surface area contributed by atoms with Crippen molar-refractivity contribution in [3.63, 3.8) is 0 Å². The van der Waals surface area contributed by atoms with E-state index in [0.29, 0.717) is 6.54 Å². The first kappa shape index (κ1) is 17.4. The number of nitrogens with zero attached hydrogens (tertiary/aromatic N) is 1. The molecule has 1 rings (SSSR count). The minimum atomic E-state index is -4.70. The van der Waals surface area contributed by atoms with Gasteiger partial charge in [-0.05, 0) is 19.1 Å². The van der Waals surface area contributed by atoms with Gasteiger partial charge < -0.3 is 9.64 Å². The van der Waals surface area contributed by atoms with Gasteiger partial charge in [-0.25, -0.2) is 8.42 Å². The van der Waals surface area contributed by atoms with Crippen LogP contribution in [0.25, 0.3) is 0 Å². The Hall–Kier alpha value is -1.70. The van der Waals surface area contributed by atoms with E-state index >= 15 is 0 Å². The maximum absolute atomic E-state index is 12.7. The van der Waals surface area contributed by atoms with Crippen molar-refractivity contribution in [2.24, 2.45) is 0 Å². The Balaban J connectivity index is 3.14. The van der Waals surface area contributed by atoms with E-state index in [1.165, 1.54) is 19.2 Å². The van der Waals surface area contributed by atoms with Crippen molar-refractivity contribution < 1.29 is 26.7 Å². The average Bonchev–Trinajstić information content (AvgIpc) is 2.47. The number of sulfone groups is 1. The molecule has 21 heavy (non-hydrogen) atoms. The maximum atomic E-state index is 12.7. The molecule has 0 unspecified atom stereocenters. The fraction of sp³-hybridized carbons (Fsp3) is 0.462. The molecule has 0 aliphatic heterocycles. The van der Waals surface area contributed by atoms with Gasteiger partial charge in [0.15, 0.2) is 0 Å². The Bertz CT molecular complexity index is 590. The number of halogens is 2. The van der Waals surface area contributed by atoms with Gasteiger partial charge in [0.2, 0.25) is 9.84 Å². The summed E-state index contributed by atoms with van der Waals surface area (Å²) >= 11 is 0. The molecule has 0 heterocycles. The van der Waals surface area contributed by atoms with E-state index in [4.69, 9.17) is 0 Å². The molecule has 0 atom stereocenters. The average molecular weight is 321 g/mol. The van der Waals surface area contributed by atoms with E-state index < -0.39 is 26.5 Å². The molecular weight excluding hydrogens is 304 g/mol. The van der Waals surface area contributed by atoms with Crippen molar-refractivity contribution in [1.29, 1.82) is 0 Å². The smallest absolute Gasteiger partial charge is 0.341 e. The van der Waals surface area contributed by atoms with Gasteiger partial charge in [-0.15, -0.1) is 0 Å². The van der Waals surface area contributed by atoms with Crippen LogP contribution in [-0.4, -0.2) is 40.3 Å². The summed E-state index contributed by atoms with van der Waals surface area (Å²) in [7, 11) is -3.45. The maximum Gasteiger partial charge on any atom is 0.341 e. The van der Waals surface area contributed by atoms with E-state index in [1.807, 2.05) is 0 Å². The lowest BCUT2D eigenvalue weighted by molar-refractivity contribution is -0.140.